The standard InChI is InChI=1S/C10H12.C7H8O.C6H15N/c1-8(2)10-6-4-9(3)5-7-10;1-6-4-2-3-5-7(6)8;1-4-7(5-2)6-3/h4-7H,1H2,2-3H3;2-5,8H,1H3;4-6H2,1-3H3. The van der Waals surface area contributed by atoms with Crippen molar-refractivity contribution in [2.45, 2.75) is 41.5 Å². The Hall–Kier alpha value is -2.06. The number of rotatable bonds is 4. The molecule has 0 fully saturated rings. The number of allylic oxidation sites excluding steroid dienone is 1. The van der Waals surface area contributed by atoms with E-state index in [9.17, 15) is 0 Å². The van der Waals surface area contributed by atoms with Crippen molar-refractivity contribution in [3.05, 3.63) is 71.8 Å². The molecule has 1 N–H and O–H groups in total. The third kappa shape index (κ3) is 10.4. The van der Waals surface area contributed by atoms with E-state index in [0.29, 0.717) is 5.75 Å². The van der Waals surface area contributed by atoms with E-state index in [1.165, 1.54) is 30.8 Å². The van der Waals surface area contributed by atoms with E-state index < -0.39 is 0 Å². The molecule has 2 heteroatoms. The summed E-state index contributed by atoms with van der Waals surface area (Å²) < 4.78 is 0. The molecule has 2 nitrogen and oxygen atoms in total. The summed E-state index contributed by atoms with van der Waals surface area (Å²) in [6.45, 7) is 20.0. The second-order valence-electron chi connectivity index (χ2n) is 6.05. The fourth-order valence-corrected chi connectivity index (χ4v) is 2.07. The smallest absolute Gasteiger partial charge is 0.118 e. The van der Waals surface area contributed by atoms with Crippen LogP contribution in [0.15, 0.2) is 55.1 Å². The van der Waals surface area contributed by atoms with Gasteiger partial charge in [-0.2, -0.15) is 0 Å². The first-order valence-electron chi connectivity index (χ1n) is 9.05. The summed E-state index contributed by atoms with van der Waals surface area (Å²) in [5, 5.41) is 8.92. The van der Waals surface area contributed by atoms with Crippen molar-refractivity contribution in [2.75, 3.05) is 19.6 Å². The Labute approximate surface area is 154 Å². The van der Waals surface area contributed by atoms with Gasteiger partial charge in [-0.15, -0.1) is 0 Å². The summed E-state index contributed by atoms with van der Waals surface area (Å²) in [7, 11) is 0. The summed E-state index contributed by atoms with van der Waals surface area (Å²) in [5.74, 6) is 0.368. The average Bonchev–Trinajstić information content (AvgIpc) is 2.61. The Bertz CT molecular complexity index is 571. The van der Waals surface area contributed by atoms with Crippen molar-refractivity contribution in [1.82, 2.24) is 4.90 Å². The van der Waals surface area contributed by atoms with Crippen molar-refractivity contribution >= 4 is 5.57 Å². The van der Waals surface area contributed by atoms with Gasteiger partial charge in [0.05, 0.1) is 0 Å². The predicted octanol–water partition coefficient (Wildman–Crippen LogP) is 6.08. The van der Waals surface area contributed by atoms with Gasteiger partial charge < -0.3 is 10.0 Å². The van der Waals surface area contributed by atoms with Gasteiger partial charge in [-0.25, -0.2) is 0 Å². The molecule has 0 unspecified atom stereocenters. The maximum absolute atomic E-state index is 8.92. The fourth-order valence-electron chi connectivity index (χ4n) is 2.07. The van der Waals surface area contributed by atoms with E-state index >= 15 is 0 Å². The minimum absolute atomic E-state index is 0.368. The molecule has 0 radical (unpaired) electrons. The van der Waals surface area contributed by atoms with Gasteiger partial charge in [0.15, 0.2) is 0 Å². The molecular weight excluding hydrogens is 306 g/mol. The number of hydrogen-bond donors (Lipinski definition) is 1. The quantitative estimate of drug-likeness (QED) is 0.729. The number of benzene rings is 2. The zero-order chi connectivity index (χ0) is 19.2. The molecule has 0 saturated heterocycles. The highest BCUT2D eigenvalue weighted by Gasteiger charge is 1.90. The van der Waals surface area contributed by atoms with Crippen LogP contribution in [0.4, 0.5) is 0 Å². The number of nitrogens with zero attached hydrogens (tertiary/aromatic N) is 1. The van der Waals surface area contributed by atoms with Gasteiger partial charge in [-0.1, -0.05) is 81.0 Å². The Kier molecular flexibility index (Phi) is 12.2. The molecule has 0 atom stereocenters. The SMILES string of the molecule is C=C(C)c1ccc(C)cc1.CCN(CC)CC.Cc1ccccc1O. The minimum atomic E-state index is 0.368. The third-order valence-corrected chi connectivity index (χ3v) is 4.00. The van der Waals surface area contributed by atoms with Crippen LogP contribution in [-0.4, -0.2) is 29.6 Å². The zero-order valence-electron chi connectivity index (χ0n) is 16.8. The van der Waals surface area contributed by atoms with Crippen LogP contribution in [0.5, 0.6) is 5.75 Å². The summed E-state index contributed by atoms with van der Waals surface area (Å²) in [6.07, 6.45) is 0. The van der Waals surface area contributed by atoms with E-state index in [1.54, 1.807) is 6.07 Å². The molecule has 0 aromatic heterocycles. The van der Waals surface area contributed by atoms with Crippen LogP contribution in [-0.2, 0) is 0 Å². The first-order chi connectivity index (χ1) is 11.8. The molecule has 0 heterocycles. The summed E-state index contributed by atoms with van der Waals surface area (Å²) in [6, 6.07) is 15.6. The number of hydrogen-bond acceptors (Lipinski definition) is 2. The molecule has 2 aromatic rings. The largest absolute Gasteiger partial charge is 0.508 e. The number of phenols is 1. The number of para-hydroxylation sites is 1. The zero-order valence-corrected chi connectivity index (χ0v) is 16.8. The van der Waals surface area contributed by atoms with Gasteiger partial charge in [0.1, 0.15) is 5.75 Å². The van der Waals surface area contributed by atoms with E-state index in [-0.39, 0.29) is 0 Å². The first-order valence-corrected chi connectivity index (χ1v) is 9.05. The summed E-state index contributed by atoms with van der Waals surface area (Å²) in [5.41, 5.74) is 4.57. The van der Waals surface area contributed by atoms with E-state index in [2.05, 4.69) is 63.4 Å². The third-order valence-electron chi connectivity index (χ3n) is 4.00. The molecule has 0 amide bonds. The monoisotopic (exact) mass is 341 g/mol. The summed E-state index contributed by atoms with van der Waals surface area (Å²) in [4.78, 5) is 2.38. The van der Waals surface area contributed by atoms with Crippen molar-refractivity contribution < 1.29 is 5.11 Å². The van der Waals surface area contributed by atoms with Gasteiger partial charge in [-0.3, -0.25) is 0 Å². The van der Waals surface area contributed by atoms with Crippen molar-refractivity contribution in [1.29, 1.82) is 0 Å². The molecule has 25 heavy (non-hydrogen) atoms. The van der Waals surface area contributed by atoms with Crippen molar-refractivity contribution in [2.24, 2.45) is 0 Å². The fraction of sp³-hybridized carbons (Fsp3) is 0.391. The van der Waals surface area contributed by atoms with Crippen LogP contribution in [0, 0.1) is 13.8 Å². The molecule has 2 aromatic carbocycles. The second kappa shape index (κ2) is 13.3. The maximum atomic E-state index is 8.92. The Balaban J connectivity index is 0.000000353. The lowest BCUT2D eigenvalue weighted by Gasteiger charge is -2.13. The molecule has 0 saturated carbocycles. The van der Waals surface area contributed by atoms with E-state index in [1.807, 2.05) is 32.0 Å². The van der Waals surface area contributed by atoms with Gasteiger partial charge in [0.25, 0.3) is 0 Å². The first kappa shape index (κ1) is 22.9. The van der Waals surface area contributed by atoms with Crippen LogP contribution in [0.1, 0.15) is 44.4 Å². The lowest BCUT2D eigenvalue weighted by molar-refractivity contribution is 0.321. The normalized spacial score (nSPS) is 9.56. The second-order valence-corrected chi connectivity index (χ2v) is 6.05. The molecule has 0 aliphatic heterocycles. The number of aryl methyl sites for hydroxylation is 2. The van der Waals surface area contributed by atoms with Gasteiger partial charge in [-0.05, 0) is 57.6 Å². The average molecular weight is 342 g/mol. The highest BCUT2D eigenvalue weighted by molar-refractivity contribution is 5.61. The lowest BCUT2D eigenvalue weighted by atomic mass is 10.1. The highest BCUT2D eigenvalue weighted by atomic mass is 16.3. The molecule has 0 spiro atoms. The Morgan fingerprint density at radius 1 is 0.880 bits per heavy atom. The molecule has 0 aliphatic rings. The van der Waals surface area contributed by atoms with Gasteiger partial charge in [0, 0.05) is 0 Å². The Morgan fingerprint density at radius 3 is 1.64 bits per heavy atom. The van der Waals surface area contributed by atoms with Crippen LogP contribution in [0.3, 0.4) is 0 Å². The molecule has 0 bridgehead atoms. The summed E-state index contributed by atoms with van der Waals surface area (Å²) >= 11 is 0. The van der Waals surface area contributed by atoms with E-state index in [0.717, 1.165) is 11.1 Å². The van der Waals surface area contributed by atoms with E-state index in [4.69, 9.17) is 5.11 Å². The Morgan fingerprint density at radius 2 is 1.36 bits per heavy atom. The van der Waals surface area contributed by atoms with Crippen LogP contribution in [0.25, 0.3) is 5.57 Å². The highest BCUT2D eigenvalue weighted by Crippen LogP contribution is 2.12. The molecule has 138 valence electrons. The molecule has 2 rings (SSSR count). The van der Waals surface area contributed by atoms with Crippen LogP contribution in [0.2, 0.25) is 0 Å². The number of aromatic hydroxyl groups is 1. The van der Waals surface area contributed by atoms with Gasteiger partial charge >= 0.3 is 0 Å². The lowest BCUT2D eigenvalue weighted by Crippen LogP contribution is -2.21. The van der Waals surface area contributed by atoms with Crippen molar-refractivity contribution in [3.63, 3.8) is 0 Å². The minimum Gasteiger partial charge on any atom is -0.508 e. The van der Waals surface area contributed by atoms with Crippen LogP contribution >= 0.6 is 0 Å². The molecular formula is C23H35NO. The topological polar surface area (TPSA) is 23.5 Å². The molecule has 0 aliphatic carbocycles. The van der Waals surface area contributed by atoms with Crippen molar-refractivity contribution in [3.8, 4) is 5.75 Å². The number of phenolic OH excluding ortho intramolecular Hbond substituents is 1. The van der Waals surface area contributed by atoms with Crippen LogP contribution < -0.4 is 0 Å². The predicted molar refractivity (Wildman–Crippen MR) is 112 cm³/mol. The maximum Gasteiger partial charge on any atom is 0.118 e. The van der Waals surface area contributed by atoms with Gasteiger partial charge in [0.2, 0.25) is 0 Å².